The number of anilines is 2. The van der Waals surface area contributed by atoms with Crippen molar-refractivity contribution in [2.75, 3.05) is 35.0 Å². The van der Waals surface area contributed by atoms with Gasteiger partial charge in [0.05, 0.1) is 29.1 Å². The number of aliphatic hydroxyl groups excluding tert-OH is 1. The Morgan fingerprint density at radius 3 is 2.35 bits per heavy atom. The predicted molar refractivity (Wildman–Crippen MR) is 163 cm³/mol. The molecule has 0 aliphatic carbocycles. The summed E-state index contributed by atoms with van der Waals surface area (Å²) >= 11 is 0. The molecule has 4 rings (SSSR count). The first kappa shape index (κ1) is 31.8. The number of benzene rings is 3. The van der Waals surface area contributed by atoms with Gasteiger partial charge in [0.25, 0.3) is 5.91 Å². The van der Waals surface area contributed by atoms with E-state index in [9.17, 15) is 23.1 Å². The van der Waals surface area contributed by atoms with Gasteiger partial charge in [0, 0.05) is 25.3 Å². The van der Waals surface area contributed by atoms with Crippen LogP contribution in [0, 0.1) is 5.82 Å². The van der Waals surface area contributed by atoms with Crippen LogP contribution in [0.5, 0.6) is 0 Å². The van der Waals surface area contributed by atoms with E-state index in [1.54, 1.807) is 0 Å². The third kappa shape index (κ3) is 8.68. The maximum absolute atomic E-state index is 15.9. The summed E-state index contributed by atoms with van der Waals surface area (Å²) in [5.41, 5.74) is 1.40. The van der Waals surface area contributed by atoms with Crippen molar-refractivity contribution < 1.29 is 32.2 Å². The summed E-state index contributed by atoms with van der Waals surface area (Å²) in [6, 6.07) is 20.0. The molecule has 0 aromatic heterocycles. The lowest BCUT2D eigenvalue weighted by Gasteiger charge is -2.30. The Bertz CT molecular complexity index is 1490. The maximum atomic E-state index is 15.9. The van der Waals surface area contributed by atoms with Crippen molar-refractivity contribution in [3.8, 4) is 0 Å². The molecular formula is C31H37FN4O6S. The molecular weight excluding hydrogens is 575 g/mol. The van der Waals surface area contributed by atoms with Crippen LogP contribution in [0.2, 0.25) is 0 Å². The van der Waals surface area contributed by atoms with Crippen LogP contribution in [0.25, 0.3) is 0 Å². The Hall–Kier alpha value is -4.16. The Morgan fingerprint density at radius 2 is 1.70 bits per heavy atom. The molecule has 3 aromatic rings. The van der Waals surface area contributed by atoms with Crippen molar-refractivity contribution >= 4 is 33.4 Å². The molecule has 1 aliphatic heterocycles. The van der Waals surface area contributed by atoms with E-state index in [-0.39, 0.29) is 43.1 Å². The van der Waals surface area contributed by atoms with Gasteiger partial charge in [0.2, 0.25) is 10.0 Å². The lowest BCUT2D eigenvalue weighted by molar-refractivity contribution is 0.0814. The average Bonchev–Trinajstić information content (AvgIpc) is 3.00. The molecule has 0 saturated carbocycles. The molecule has 0 radical (unpaired) electrons. The summed E-state index contributed by atoms with van der Waals surface area (Å²) in [4.78, 5) is 25.8. The molecule has 43 heavy (non-hydrogen) atoms. The number of alkyl carbamates (subject to hydrolysis) is 1. The standard InChI is InChI=1S/C31H37FN4O6S/c1-2-33-24-18-25(29(32)27(19-24)36-15-9-10-16-43(36,40)41)30(38)35-26(17-22-11-5-3-6-12-22)28(37)20-34-31(39)42-21-23-13-7-4-8-14-23/h3-8,11-14,18-19,26,28,33,37H,2,9-10,15-17,20-21H2,1H3,(H,34,39)(H,35,38)/t26-,28+/m0/s1. The molecule has 0 bridgehead atoms. The zero-order valence-electron chi connectivity index (χ0n) is 24.0. The van der Waals surface area contributed by atoms with Crippen molar-refractivity contribution in [1.29, 1.82) is 0 Å². The first-order valence-corrected chi connectivity index (χ1v) is 15.8. The first-order valence-electron chi connectivity index (χ1n) is 14.2. The van der Waals surface area contributed by atoms with Crippen molar-refractivity contribution in [3.63, 3.8) is 0 Å². The van der Waals surface area contributed by atoms with E-state index in [0.29, 0.717) is 25.1 Å². The number of sulfonamides is 1. The van der Waals surface area contributed by atoms with Crippen LogP contribution in [0.15, 0.2) is 72.8 Å². The summed E-state index contributed by atoms with van der Waals surface area (Å²) in [6.45, 7) is 2.19. The molecule has 10 nitrogen and oxygen atoms in total. The predicted octanol–water partition coefficient (Wildman–Crippen LogP) is 3.82. The van der Waals surface area contributed by atoms with Gasteiger partial charge >= 0.3 is 6.09 Å². The fourth-order valence-corrected chi connectivity index (χ4v) is 6.45. The molecule has 0 spiro atoms. The van der Waals surface area contributed by atoms with Crippen molar-refractivity contribution in [1.82, 2.24) is 10.6 Å². The summed E-state index contributed by atoms with van der Waals surface area (Å²) in [7, 11) is -3.75. The van der Waals surface area contributed by atoms with Crippen molar-refractivity contribution in [2.24, 2.45) is 0 Å². The number of halogens is 1. The Kier molecular flexibility index (Phi) is 11.0. The number of rotatable bonds is 12. The summed E-state index contributed by atoms with van der Waals surface area (Å²) < 4.78 is 47.7. The van der Waals surface area contributed by atoms with E-state index in [4.69, 9.17) is 4.74 Å². The lowest BCUT2D eigenvalue weighted by Crippen LogP contribution is -2.49. The van der Waals surface area contributed by atoms with E-state index in [0.717, 1.165) is 15.4 Å². The topological polar surface area (TPSA) is 137 Å². The molecule has 1 fully saturated rings. The third-order valence-corrected chi connectivity index (χ3v) is 8.90. The Labute approximate surface area is 251 Å². The largest absolute Gasteiger partial charge is 0.445 e. The van der Waals surface area contributed by atoms with E-state index in [1.807, 2.05) is 67.6 Å². The molecule has 2 atom stereocenters. The van der Waals surface area contributed by atoms with Crippen LogP contribution in [0.1, 0.15) is 41.3 Å². The molecule has 1 aliphatic rings. The highest BCUT2D eigenvalue weighted by molar-refractivity contribution is 7.92. The van der Waals surface area contributed by atoms with Gasteiger partial charge in [-0.2, -0.15) is 0 Å². The SMILES string of the molecule is CCNc1cc(C(=O)N[C@@H](Cc2ccccc2)[C@H](O)CNC(=O)OCc2ccccc2)c(F)c(N2CCCCS2(=O)=O)c1. The molecule has 3 aromatic carbocycles. The third-order valence-electron chi connectivity index (χ3n) is 7.04. The van der Waals surface area contributed by atoms with Crippen molar-refractivity contribution in [2.45, 2.75) is 44.9 Å². The monoisotopic (exact) mass is 612 g/mol. The van der Waals surface area contributed by atoms with E-state index >= 15 is 4.39 Å². The van der Waals surface area contributed by atoms with Gasteiger partial charge in [0.1, 0.15) is 6.61 Å². The maximum Gasteiger partial charge on any atom is 0.407 e. The number of carbonyl (C=O) groups is 2. The van der Waals surface area contributed by atoms with Gasteiger partial charge in [-0.25, -0.2) is 17.6 Å². The van der Waals surface area contributed by atoms with E-state index < -0.39 is 40.0 Å². The summed E-state index contributed by atoms with van der Waals surface area (Å²) in [5, 5.41) is 19.3. The average molecular weight is 613 g/mol. The van der Waals surface area contributed by atoms with E-state index in [2.05, 4.69) is 16.0 Å². The van der Waals surface area contributed by atoms with Gasteiger partial charge in [-0.3, -0.25) is 9.10 Å². The Morgan fingerprint density at radius 1 is 1.02 bits per heavy atom. The number of hydrogen-bond acceptors (Lipinski definition) is 7. The van der Waals surface area contributed by atoms with Crippen LogP contribution < -0.4 is 20.3 Å². The zero-order chi connectivity index (χ0) is 30.8. The summed E-state index contributed by atoms with van der Waals surface area (Å²) in [6.07, 6.45) is -0.790. The first-order chi connectivity index (χ1) is 20.7. The fraction of sp³-hybridized carbons (Fsp3) is 0.355. The lowest BCUT2D eigenvalue weighted by atomic mass is 10.00. The highest BCUT2D eigenvalue weighted by Crippen LogP contribution is 2.32. The molecule has 1 saturated heterocycles. The number of ether oxygens (including phenoxy) is 1. The number of amides is 2. The molecule has 0 unspecified atom stereocenters. The quantitative estimate of drug-likeness (QED) is 0.244. The highest BCUT2D eigenvalue weighted by Gasteiger charge is 2.32. The van der Waals surface area contributed by atoms with Gasteiger partial charge in [-0.15, -0.1) is 0 Å². The van der Waals surface area contributed by atoms with Gasteiger partial charge < -0.3 is 25.8 Å². The second-order valence-electron chi connectivity index (χ2n) is 10.3. The van der Waals surface area contributed by atoms with E-state index in [1.165, 1.54) is 12.1 Å². The minimum absolute atomic E-state index is 0.0451. The highest BCUT2D eigenvalue weighted by atomic mass is 32.2. The summed E-state index contributed by atoms with van der Waals surface area (Å²) in [5.74, 6) is -1.91. The van der Waals surface area contributed by atoms with Gasteiger partial charge in [-0.1, -0.05) is 60.7 Å². The molecule has 2 amide bonds. The number of hydrogen-bond donors (Lipinski definition) is 4. The van der Waals surface area contributed by atoms with Crippen LogP contribution in [0.4, 0.5) is 20.6 Å². The number of nitrogens with one attached hydrogen (secondary N) is 3. The van der Waals surface area contributed by atoms with Crippen LogP contribution >= 0.6 is 0 Å². The minimum atomic E-state index is -3.75. The Balaban J connectivity index is 1.53. The van der Waals surface area contributed by atoms with Gasteiger partial charge in [-0.05, 0) is 49.4 Å². The second kappa shape index (κ2) is 14.8. The number of nitrogens with zero attached hydrogens (tertiary/aromatic N) is 1. The zero-order valence-corrected chi connectivity index (χ0v) is 24.8. The second-order valence-corrected chi connectivity index (χ2v) is 12.3. The van der Waals surface area contributed by atoms with Crippen LogP contribution in [0.3, 0.4) is 0 Å². The molecule has 230 valence electrons. The van der Waals surface area contributed by atoms with Crippen molar-refractivity contribution in [3.05, 3.63) is 95.3 Å². The minimum Gasteiger partial charge on any atom is -0.445 e. The van der Waals surface area contributed by atoms with Crippen LogP contribution in [-0.4, -0.2) is 63.1 Å². The molecule has 4 N–H and O–H groups in total. The fourth-order valence-electron chi connectivity index (χ4n) is 4.82. The normalized spacial score (nSPS) is 15.7. The van der Waals surface area contributed by atoms with Crippen LogP contribution in [-0.2, 0) is 27.8 Å². The molecule has 1 heterocycles. The van der Waals surface area contributed by atoms with Gasteiger partial charge in [0.15, 0.2) is 5.82 Å². The molecule has 12 heteroatoms. The number of carbonyl (C=O) groups excluding carboxylic acids is 2. The number of aliphatic hydroxyl groups is 1. The smallest absolute Gasteiger partial charge is 0.407 e.